The molecule has 0 aliphatic carbocycles. The summed E-state index contributed by atoms with van der Waals surface area (Å²) in [4.78, 5) is 21.0. The van der Waals surface area contributed by atoms with E-state index in [1.807, 2.05) is 17.0 Å². The molecule has 0 aromatic carbocycles. The smallest absolute Gasteiger partial charge is 0.239 e. The van der Waals surface area contributed by atoms with Crippen molar-refractivity contribution in [2.24, 2.45) is 11.7 Å². The number of nitrogens with two attached hydrogens (primary N) is 1. The molecule has 126 valence electrons. The molecule has 2 N–H and O–H groups in total. The van der Waals surface area contributed by atoms with Crippen LogP contribution in [-0.2, 0) is 9.53 Å². The summed E-state index contributed by atoms with van der Waals surface area (Å²) in [5.41, 5.74) is 6.20. The number of hydrogen-bond donors (Lipinski definition) is 1. The van der Waals surface area contributed by atoms with Crippen LogP contribution in [0.5, 0.6) is 0 Å². The minimum Gasteiger partial charge on any atom is -0.381 e. The first-order chi connectivity index (χ1) is 11.1. The van der Waals surface area contributed by atoms with Gasteiger partial charge in [-0.05, 0) is 30.9 Å². The van der Waals surface area contributed by atoms with Gasteiger partial charge < -0.3 is 20.3 Å². The van der Waals surface area contributed by atoms with Gasteiger partial charge in [0.05, 0.1) is 11.1 Å². The van der Waals surface area contributed by atoms with Crippen LogP contribution >= 0.6 is 11.6 Å². The van der Waals surface area contributed by atoms with Crippen molar-refractivity contribution in [1.29, 1.82) is 0 Å². The van der Waals surface area contributed by atoms with E-state index in [9.17, 15) is 4.79 Å². The van der Waals surface area contributed by atoms with Crippen LogP contribution in [0, 0.1) is 5.92 Å². The summed E-state index contributed by atoms with van der Waals surface area (Å²) in [6.07, 6.45) is 3.40. The highest BCUT2D eigenvalue weighted by atomic mass is 35.5. The molecule has 2 aliphatic heterocycles. The Bertz CT molecular complexity index is 525. The van der Waals surface area contributed by atoms with Crippen molar-refractivity contribution in [3.8, 4) is 0 Å². The van der Waals surface area contributed by atoms with Gasteiger partial charge in [0.2, 0.25) is 5.91 Å². The van der Waals surface area contributed by atoms with Crippen molar-refractivity contribution in [2.75, 3.05) is 44.3 Å². The first kappa shape index (κ1) is 16.5. The number of carbonyl (C=O) groups excluding carboxylic acids is 1. The largest absolute Gasteiger partial charge is 0.381 e. The number of rotatable bonds is 3. The maximum Gasteiger partial charge on any atom is 0.239 e. The quantitative estimate of drug-likeness (QED) is 0.894. The van der Waals surface area contributed by atoms with E-state index in [1.165, 1.54) is 0 Å². The SMILES string of the molecule is NC(C(=O)N1CCN(c2ccc(Cl)cn2)CC1)C1CCOCC1. The predicted octanol–water partition coefficient (Wildman–Crippen LogP) is 1.14. The van der Waals surface area contributed by atoms with Crippen LogP contribution in [-0.4, -0.2) is 61.2 Å². The summed E-state index contributed by atoms with van der Waals surface area (Å²) in [6, 6.07) is 3.34. The van der Waals surface area contributed by atoms with E-state index in [2.05, 4.69) is 9.88 Å². The summed E-state index contributed by atoms with van der Waals surface area (Å²) in [6.45, 7) is 4.31. The number of anilines is 1. The number of halogens is 1. The second kappa shape index (κ2) is 7.47. The Hall–Kier alpha value is -1.37. The van der Waals surface area contributed by atoms with Gasteiger partial charge in [-0.3, -0.25) is 4.79 Å². The van der Waals surface area contributed by atoms with E-state index in [1.54, 1.807) is 6.20 Å². The molecule has 1 aromatic rings. The average Bonchev–Trinajstić information content (AvgIpc) is 2.62. The van der Waals surface area contributed by atoms with Crippen molar-refractivity contribution >= 4 is 23.3 Å². The molecule has 0 bridgehead atoms. The molecule has 6 nitrogen and oxygen atoms in total. The number of carbonyl (C=O) groups is 1. The fourth-order valence-corrected chi connectivity index (χ4v) is 3.31. The summed E-state index contributed by atoms with van der Waals surface area (Å²) >= 11 is 5.87. The Kier molecular flexibility index (Phi) is 5.35. The molecule has 1 atom stereocenters. The fraction of sp³-hybridized carbons (Fsp3) is 0.625. The fourth-order valence-electron chi connectivity index (χ4n) is 3.20. The molecule has 0 radical (unpaired) electrons. The number of nitrogens with zero attached hydrogens (tertiary/aromatic N) is 3. The molecule has 7 heteroatoms. The molecular formula is C16H23ClN4O2. The van der Waals surface area contributed by atoms with Gasteiger partial charge in [-0.15, -0.1) is 0 Å². The Morgan fingerprint density at radius 1 is 1.26 bits per heavy atom. The van der Waals surface area contributed by atoms with Gasteiger partial charge in [-0.25, -0.2) is 4.98 Å². The second-order valence-electron chi connectivity index (χ2n) is 6.12. The highest BCUT2D eigenvalue weighted by Gasteiger charge is 2.31. The summed E-state index contributed by atoms with van der Waals surface area (Å²) in [7, 11) is 0. The molecule has 1 amide bonds. The minimum atomic E-state index is -0.404. The van der Waals surface area contributed by atoms with Crippen LogP contribution in [0.1, 0.15) is 12.8 Å². The van der Waals surface area contributed by atoms with Gasteiger partial charge in [0.1, 0.15) is 5.82 Å². The van der Waals surface area contributed by atoms with Crippen LogP contribution in [0.4, 0.5) is 5.82 Å². The number of ether oxygens (including phenoxy) is 1. The minimum absolute atomic E-state index is 0.0700. The van der Waals surface area contributed by atoms with Gasteiger partial charge in [0, 0.05) is 45.6 Å². The molecule has 1 unspecified atom stereocenters. The number of pyridine rings is 1. The lowest BCUT2D eigenvalue weighted by Crippen LogP contribution is -2.55. The van der Waals surface area contributed by atoms with E-state index in [0.717, 1.165) is 31.7 Å². The molecule has 2 aliphatic rings. The summed E-state index contributed by atoms with van der Waals surface area (Å²) in [5.74, 6) is 1.21. The molecule has 0 spiro atoms. The summed E-state index contributed by atoms with van der Waals surface area (Å²) in [5, 5.41) is 0.630. The van der Waals surface area contributed by atoms with Gasteiger partial charge in [-0.2, -0.15) is 0 Å². The van der Waals surface area contributed by atoms with E-state index in [0.29, 0.717) is 31.3 Å². The highest BCUT2D eigenvalue weighted by molar-refractivity contribution is 6.30. The van der Waals surface area contributed by atoms with Crippen LogP contribution < -0.4 is 10.6 Å². The van der Waals surface area contributed by atoms with E-state index >= 15 is 0 Å². The van der Waals surface area contributed by atoms with Gasteiger partial charge >= 0.3 is 0 Å². The molecule has 3 rings (SSSR count). The van der Waals surface area contributed by atoms with Crippen molar-refractivity contribution in [3.63, 3.8) is 0 Å². The Morgan fingerprint density at radius 2 is 1.96 bits per heavy atom. The lowest BCUT2D eigenvalue weighted by molar-refractivity contribution is -0.135. The molecule has 2 fully saturated rings. The third-order valence-electron chi connectivity index (χ3n) is 4.69. The molecule has 2 saturated heterocycles. The van der Waals surface area contributed by atoms with Gasteiger partial charge in [-0.1, -0.05) is 11.6 Å². The monoisotopic (exact) mass is 338 g/mol. The molecule has 3 heterocycles. The van der Waals surface area contributed by atoms with Crippen LogP contribution in [0.2, 0.25) is 5.02 Å². The van der Waals surface area contributed by atoms with E-state index in [-0.39, 0.29) is 11.8 Å². The average molecular weight is 339 g/mol. The second-order valence-corrected chi connectivity index (χ2v) is 6.56. The Balaban J connectivity index is 1.53. The highest BCUT2D eigenvalue weighted by Crippen LogP contribution is 2.20. The van der Waals surface area contributed by atoms with Gasteiger partial charge in [0.25, 0.3) is 0 Å². The molecular weight excluding hydrogens is 316 g/mol. The number of aromatic nitrogens is 1. The molecule has 0 saturated carbocycles. The van der Waals surface area contributed by atoms with Crippen LogP contribution in [0.15, 0.2) is 18.3 Å². The first-order valence-corrected chi connectivity index (χ1v) is 8.51. The number of hydrogen-bond acceptors (Lipinski definition) is 5. The number of amides is 1. The van der Waals surface area contributed by atoms with Crippen molar-refractivity contribution in [3.05, 3.63) is 23.4 Å². The van der Waals surface area contributed by atoms with Gasteiger partial charge in [0.15, 0.2) is 0 Å². The zero-order valence-electron chi connectivity index (χ0n) is 13.2. The first-order valence-electron chi connectivity index (χ1n) is 8.14. The van der Waals surface area contributed by atoms with E-state index < -0.39 is 6.04 Å². The van der Waals surface area contributed by atoms with Crippen molar-refractivity contribution in [1.82, 2.24) is 9.88 Å². The molecule has 1 aromatic heterocycles. The lowest BCUT2D eigenvalue weighted by Gasteiger charge is -2.38. The zero-order chi connectivity index (χ0) is 16.2. The Morgan fingerprint density at radius 3 is 2.57 bits per heavy atom. The predicted molar refractivity (Wildman–Crippen MR) is 89.6 cm³/mol. The number of piperazine rings is 1. The van der Waals surface area contributed by atoms with Crippen LogP contribution in [0.25, 0.3) is 0 Å². The topological polar surface area (TPSA) is 71.7 Å². The third kappa shape index (κ3) is 3.94. The van der Waals surface area contributed by atoms with Crippen molar-refractivity contribution in [2.45, 2.75) is 18.9 Å². The van der Waals surface area contributed by atoms with Crippen LogP contribution in [0.3, 0.4) is 0 Å². The zero-order valence-corrected chi connectivity index (χ0v) is 13.9. The third-order valence-corrected chi connectivity index (χ3v) is 4.91. The van der Waals surface area contributed by atoms with Crippen molar-refractivity contribution < 1.29 is 9.53 Å². The molecule has 23 heavy (non-hydrogen) atoms. The maximum atomic E-state index is 12.6. The summed E-state index contributed by atoms with van der Waals surface area (Å²) < 4.78 is 5.34. The maximum absolute atomic E-state index is 12.6. The lowest BCUT2D eigenvalue weighted by atomic mass is 9.91. The Labute approximate surface area is 141 Å². The normalized spacial score (nSPS) is 21.3. The standard InChI is InChI=1S/C16H23ClN4O2/c17-13-1-2-14(19-11-13)20-5-7-21(8-6-20)16(22)15(18)12-3-9-23-10-4-12/h1-2,11-12,15H,3-10,18H2. The van der Waals surface area contributed by atoms with E-state index in [4.69, 9.17) is 22.1 Å².